The first-order valence-corrected chi connectivity index (χ1v) is 6.08. The number of aromatic nitrogens is 3. The van der Waals surface area contributed by atoms with Crippen molar-refractivity contribution in [1.29, 1.82) is 0 Å². The summed E-state index contributed by atoms with van der Waals surface area (Å²) in [5.74, 6) is -1.08. The number of carboxylic acid groups (broad SMARTS) is 1. The van der Waals surface area contributed by atoms with Crippen molar-refractivity contribution in [3.8, 4) is 0 Å². The SMILES string of the molecule is CN(Cc1cn[nH]c1)c1nc(C(N)C(=O)O)cs1. The zero-order chi connectivity index (χ0) is 13.1. The number of aliphatic carboxylic acids is 1. The van der Waals surface area contributed by atoms with Crippen molar-refractivity contribution in [3.05, 3.63) is 29.0 Å². The van der Waals surface area contributed by atoms with Crippen LogP contribution in [0.2, 0.25) is 0 Å². The molecule has 0 fully saturated rings. The standard InChI is InChI=1S/C10H13N5O2S/c1-15(4-6-2-12-13-3-6)10-14-7(5-18-10)8(11)9(16)17/h2-3,5,8H,4,11H2,1H3,(H,12,13)(H,16,17). The maximum Gasteiger partial charge on any atom is 0.326 e. The van der Waals surface area contributed by atoms with Gasteiger partial charge in [0.25, 0.3) is 0 Å². The number of carboxylic acids is 1. The first-order chi connectivity index (χ1) is 8.58. The van der Waals surface area contributed by atoms with E-state index in [-0.39, 0.29) is 0 Å². The Morgan fingerprint density at radius 2 is 2.50 bits per heavy atom. The monoisotopic (exact) mass is 267 g/mol. The number of nitrogens with zero attached hydrogens (tertiary/aromatic N) is 3. The molecular weight excluding hydrogens is 254 g/mol. The van der Waals surface area contributed by atoms with Crippen LogP contribution in [0.25, 0.3) is 0 Å². The third-order valence-corrected chi connectivity index (χ3v) is 3.37. The predicted octanol–water partition coefficient (Wildman–Crippen LogP) is 0.587. The Morgan fingerprint density at radius 3 is 3.11 bits per heavy atom. The molecule has 1 unspecified atom stereocenters. The number of carbonyl (C=O) groups is 1. The van der Waals surface area contributed by atoms with Gasteiger partial charge in [0.05, 0.1) is 11.9 Å². The number of hydrogen-bond donors (Lipinski definition) is 3. The molecule has 2 rings (SSSR count). The third kappa shape index (κ3) is 2.66. The molecule has 0 saturated heterocycles. The van der Waals surface area contributed by atoms with E-state index in [0.717, 1.165) is 10.7 Å². The zero-order valence-electron chi connectivity index (χ0n) is 9.70. The number of thiazole rings is 1. The van der Waals surface area contributed by atoms with E-state index in [1.54, 1.807) is 17.8 Å². The van der Waals surface area contributed by atoms with Gasteiger partial charge in [-0.1, -0.05) is 0 Å². The van der Waals surface area contributed by atoms with Crippen molar-refractivity contribution >= 4 is 22.4 Å². The molecule has 7 nitrogen and oxygen atoms in total. The fourth-order valence-electron chi connectivity index (χ4n) is 1.43. The van der Waals surface area contributed by atoms with Gasteiger partial charge in [0, 0.05) is 30.7 Å². The molecule has 96 valence electrons. The molecule has 8 heteroatoms. The van der Waals surface area contributed by atoms with Crippen molar-refractivity contribution in [3.63, 3.8) is 0 Å². The lowest BCUT2D eigenvalue weighted by Gasteiger charge is -2.14. The minimum atomic E-state index is -1.08. The van der Waals surface area contributed by atoms with Gasteiger partial charge in [-0.05, 0) is 0 Å². The Hall–Kier alpha value is -1.93. The van der Waals surface area contributed by atoms with Crippen LogP contribution in [0.3, 0.4) is 0 Å². The smallest absolute Gasteiger partial charge is 0.326 e. The van der Waals surface area contributed by atoms with Crippen LogP contribution >= 0.6 is 11.3 Å². The number of aromatic amines is 1. The topological polar surface area (TPSA) is 108 Å². The summed E-state index contributed by atoms with van der Waals surface area (Å²) in [5, 5.41) is 17.8. The fraction of sp³-hybridized carbons (Fsp3) is 0.300. The highest BCUT2D eigenvalue weighted by Crippen LogP contribution is 2.23. The van der Waals surface area contributed by atoms with Crippen molar-refractivity contribution in [2.24, 2.45) is 5.73 Å². The second kappa shape index (κ2) is 5.15. The minimum Gasteiger partial charge on any atom is -0.480 e. The molecule has 4 N–H and O–H groups in total. The lowest BCUT2D eigenvalue weighted by Crippen LogP contribution is -2.21. The Bertz CT molecular complexity index is 524. The molecule has 0 aliphatic carbocycles. The number of rotatable bonds is 5. The van der Waals surface area contributed by atoms with Crippen LogP contribution in [0.15, 0.2) is 17.8 Å². The largest absolute Gasteiger partial charge is 0.480 e. The first-order valence-electron chi connectivity index (χ1n) is 5.20. The molecular formula is C10H13N5O2S. The molecule has 0 aromatic carbocycles. The highest BCUT2D eigenvalue weighted by Gasteiger charge is 2.18. The Balaban J connectivity index is 2.07. The van der Waals surface area contributed by atoms with Gasteiger partial charge in [0.1, 0.15) is 6.04 Å². The molecule has 2 aromatic rings. The van der Waals surface area contributed by atoms with E-state index in [9.17, 15) is 4.79 Å². The summed E-state index contributed by atoms with van der Waals surface area (Å²) in [4.78, 5) is 16.9. The highest BCUT2D eigenvalue weighted by atomic mass is 32.1. The van der Waals surface area contributed by atoms with E-state index < -0.39 is 12.0 Å². The maximum atomic E-state index is 10.7. The summed E-state index contributed by atoms with van der Waals surface area (Å²) in [6.45, 7) is 0.645. The molecule has 0 saturated carbocycles. The van der Waals surface area contributed by atoms with Crippen molar-refractivity contribution in [2.75, 3.05) is 11.9 Å². The number of hydrogen-bond acceptors (Lipinski definition) is 6. The number of H-pyrrole nitrogens is 1. The molecule has 0 aliphatic heterocycles. The normalized spacial score (nSPS) is 12.3. The number of nitrogens with one attached hydrogen (secondary N) is 1. The Kier molecular flexibility index (Phi) is 3.58. The zero-order valence-corrected chi connectivity index (χ0v) is 10.5. The molecule has 0 spiro atoms. The van der Waals surface area contributed by atoms with E-state index >= 15 is 0 Å². The van der Waals surface area contributed by atoms with Crippen LogP contribution in [0.4, 0.5) is 5.13 Å². The van der Waals surface area contributed by atoms with E-state index in [1.807, 2.05) is 11.9 Å². The molecule has 0 amide bonds. The van der Waals surface area contributed by atoms with Crippen LogP contribution in [0.5, 0.6) is 0 Å². The molecule has 0 aliphatic rings. The van der Waals surface area contributed by atoms with Crippen molar-refractivity contribution < 1.29 is 9.90 Å². The average Bonchev–Trinajstić information content (AvgIpc) is 2.97. The third-order valence-electron chi connectivity index (χ3n) is 2.40. The summed E-state index contributed by atoms with van der Waals surface area (Å²) < 4.78 is 0. The summed E-state index contributed by atoms with van der Waals surface area (Å²) in [6.07, 6.45) is 3.53. The summed E-state index contributed by atoms with van der Waals surface area (Å²) >= 11 is 1.37. The van der Waals surface area contributed by atoms with Crippen LogP contribution in [0, 0.1) is 0 Å². The fourth-order valence-corrected chi connectivity index (χ4v) is 2.25. The van der Waals surface area contributed by atoms with Gasteiger partial charge in [-0.15, -0.1) is 11.3 Å². The quantitative estimate of drug-likeness (QED) is 0.731. The van der Waals surface area contributed by atoms with Gasteiger partial charge in [-0.2, -0.15) is 5.10 Å². The molecule has 1 atom stereocenters. The average molecular weight is 267 g/mol. The van der Waals surface area contributed by atoms with Gasteiger partial charge in [-0.25, -0.2) is 4.98 Å². The Morgan fingerprint density at radius 1 is 1.72 bits per heavy atom. The molecule has 0 radical (unpaired) electrons. The summed E-state index contributed by atoms with van der Waals surface area (Å²) in [5.41, 5.74) is 6.90. The predicted molar refractivity (Wildman–Crippen MR) is 67.4 cm³/mol. The van der Waals surface area contributed by atoms with Crippen LogP contribution in [0.1, 0.15) is 17.3 Å². The van der Waals surface area contributed by atoms with Crippen LogP contribution < -0.4 is 10.6 Å². The summed E-state index contributed by atoms with van der Waals surface area (Å²) in [7, 11) is 1.88. The second-order valence-electron chi connectivity index (χ2n) is 3.83. The van der Waals surface area contributed by atoms with Gasteiger partial charge < -0.3 is 15.7 Å². The van der Waals surface area contributed by atoms with E-state index in [4.69, 9.17) is 10.8 Å². The molecule has 2 aromatic heterocycles. The molecule has 18 heavy (non-hydrogen) atoms. The Labute approximate surface area is 107 Å². The number of anilines is 1. The second-order valence-corrected chi connectivity index (χ2v) is 4.67. The van der Waals surface area contributed by atoms with Crippen molar-refractivity contribution in [1.82, 2.24) is 15.2 Å². The van der Waals surface area contributed by atoms with Crippen molar-refractivity contribution in [2.45, 2.75) is 12.6 Å². The van der Waals surface area contributed by atoms with Gasteiger partial charge >= 0.3 is 5.97 Å². The lowest BCUT2D eigenvalue weighted by molar-refractivity contribution is -0.138. The molecule has 2 heterocycles. The first kappa shape index (κ1) is 12.5. The van der Waals surface area contributed by atoms with E-state index in [1.165, 1.54) is 11.3 Å². The van der Waals surface area contributed by atoms with Gasteiger partial charge in [0.15, 0.2) is 5.13 Å². The van der Waals surface area contributed by atoms with E-state index in [0.29, 0.717) is 12.2 Å². The minimum absolute atomic E-state index is 0.376. The maximum absolute atomic E-state index is 10.7. The molecule has 0 bridgehead atoms. The number of nitrogens with two attached hydrogens (primary N) is 1. The van der Waals surface area contributed by atoms with Gasteiger partial charge in [0.2, 0.25) is 0 Å². The van der Waals surface area contributed by atoms with E-state index in [2.05, 4.69) is 15.2 Å². The highest BCUT2D eigenvalue weighted by molar-refractivity contribution is 7.13. The van der Waals surface area contributed by atoms with Crippen LogP contribution in [-0.4, -0.2) is 33.3 Å². The van der Waals surface area contributed by atoms with Gasteiger partial charge in [-0.3, -0.25) is 9.89 Å². The van der Waals surface area contributed by atoms with Crippen LogP contribution in [-0.2, 0) is 11.3 Å². The lowest BCUT2D eigenvalue weighted by atomic mass is 10.2. The summed E-state index contributed by atoms with van der Waals surface area (Å²) in [6, 6.07) is -1.07.